The summed E-state index contributed by atoms with van der Waals surface area (Å²) in [6, 6.07) is 6.83. The second-order valence-corrected chi connectivity index (χ2v) is 5.54. The van der Waals surface area contributed by atoms with E-state index in [-0.39, 0.29) is 5.91 Å². The van der Waals surface area contributed by atoms with E-state index >= 15 is 0 Å². The van der Waals surface area contributed by atoms with Crippen LogP contribution in [0.2, 0.25) is 0 Å². The second kappa shape index (κ2) is 6.13. The van der Waals surface area contributed by atoms with Gasteiger partial charge in [-0.05, 0) is 53.5 Å². The summed E-state index contributed by atoms with van der Waals surface area (Å²) in [5.74, 6) is -0.740. The minimum Gasteiger partial charge on any atom is -0.366 e. The SMILES string of the molecule is CCn1cc(Br)cc1C(=O)Nc1cccc(C(N)=O)c1C. The number of amides is 2. The number of carbonyl (C=O) groups excluding carboxylic acids is 2. The van der Waals surface area contributed by atoms with Crippen molar-refractivity contribution in [1.82, 2.24) is 4.57 Å². The van der Waals surface area contributed by atoms with Crippen molar-refractivity contribution in [2.24, 2.45) is 5.73 Å². The first-order chi connectivity index (χ1) is 9.93. The van der Waals surface area contributed by atoms with Crippen molar-refractivity contribution in [3.05, 3.63) is 51.8 Å². The molecule has 0 fully saturated rings. The molecule has 2 rings (SSSR count). The third-order valence-electron chi connectivity index (χ3n) is 3.28. The summed E-state index contributed by atoms with van der Waals surface area (Å²) in [5.41, 5.74) is 7.50. The summed E-state index contributed by atoms with van der Waals surface area (Å²) in [6.45, 7) is 4.40. The van der Waals surface area contributed by atoms with Gasteiger partial charge in [-0.2, -0.15) is 0 Å². The van der Waals surface area contributed by atoms with E-state index in [1.807, 2.05) is 17.7 Å². The highest BCUT2D eigenvalue weighted by Crippen LogP contribution is 2.21. The minimum absolute atomic E-state index is 0.229. The fourth-order valence-corrected chi connectivity index (χ4v) is 2.62. The molecule has 0 aliphatic rings. The monoisotopic (exact) mass is 349 g/mol. The molecule has 1 aromatic heterocycles. The van der Waals surface area contributed by atoms with Gasteiger partial charge in [0.15, 0.2) is 0 Å². The van der Waals surface area contributed by atoms with Crippen molar-refractivity contribution >= 4 is 33.4 Å². The van der Waals surface area contributed by atoms with Crippen LogP contribution in [0.3, 0.4) is 0 Å². The third kappa shape index (κ3) is 3.16. The molecule has 1 heterocycles. The van der Waals surface area contributed by atoms with Crippen LogP contribution in [0.25, 0.3) is 0 Å². The number of hydrogen-bond donors (Lipinski definition) is 2. The molecule has 1 aromatic carbocycles. The summed E-state index contributed by atoms with van der Waals surface area (Å²) in [5, 5.41) is 2.82. The smallest absolute Gasteiger partial charge is 0.272 e. The number of aryl methyl sites for hydroxylation is 1. The van der Waals surface area contributed by atoms with Crippen LogP contribution in [0.1, 0.15) is 33.3 Å². The standard InChI is InChI=1S/C15H16BrN3O2/c1-3-19-8-10(16)7-13(19)15(21)18-12-6-4-5-11(9(12)2)14(17)20/h4-8H,3H2,1-2H3,(H2,17,20)(H,18,21). The van der Waals surface area contributed by atoms with E-state index < -0.39 is 5.91 Å². The number of nitrogens with zero attached hydrogens (tertiary/aromatic N) is 1. The number of anilines is 1. The highest BCUT2D eigenvalue weighted by atomic mass is 79.9. The Morgan fingerprint density at radius 2 is 2.10 bits per heavy atom. The molecule has 0 aliphatic carbocycles. The molecule has 110 valence electrons. The molecule has 2 amide bonds. The van der Waals surface area contributed by atoms with Gasteiger partial charge in [0.2, 0.25) is 5.91 Å². The van der Waals surface area contributed by atoms with Gasteiger partial charge in [-0.1, -0.05) is 6.07 Å². The van der Waals surface area contributed by atoms with E-state index in [1.165, 1.54) is 0 Å². The number of nitrogens with two attached hydrogens (primary N) is 1. The van der Waals surface area contributed by atoms with Crippen molar-refractivity contribution in [3.63, 3.8) is 0 Å². The quantitative estimate of drug-likeness (QED) is 0.889. The molecule has 0 saturated carbocycles. The van der Waals surface area contributed by atoms with Crippen molar-refractivity contribution in [2.45, 2.75) is 20.4 Å². The average molecular weight is 350 g/mol. The highest BCUT2D eigenvalue weighted by molar-refractivity contribution is 9.10. The van der Waals surface area contributed by atoms with E-state index in [0.29, 0.717) is 29.1 Å². The molecule has 0 bridgehead atoms. The van der Waals surface area contributed by atoms with Gasteiger partial charge in [0.25, 0.3) is 5.91 Å². The van der Waals surface area contributed by atoms with Crippen LogP contribution in [0.4, 0.5) is 5.69 Å². The van der Waals surface area contributed by atoms with E-state index in [1.54, 1.807) is 31.2 Å². The number of halogens is 1. The lowest BCUT2D eigenvalue weighted by atomic mass is 10.1. The predicted molar refractivity (Wildman–Crippen MR) is 85.5 cm³/mol. The van der Waals surface area contributed by atoms with Crippen molar-refractivity contribution < 1.29 is 9.59 Å². The largest absolute Gasteiger partial charge is 0.366 e. The molecule has 0 aliphatic heterocycles. The zero-order chi connectivity index (χ0) is 15.6. The van der Waals surface area contributed by atoms with Gasteiger partial charge in [-0.3, -0.25) is 9.59 Å². The topological polar surface area (TPSA) is 77.1 Å². The Morgan fingerprint density at radius 3 is 2.71 bits per heavy atom. The molecule has 0 atom stereocenters. The molecule has 0 unspecified atom stereocenters. The highest BCUT2D eigenvalue weighted by Gasteiger charge is 2.15. The molecule has 21 heavy (non-hydrogen) atoms. The first-order valence-electron chi connectivity index (χ1n) is 6.50. The lowest BCUT2D eigenvalue weighted by Gasteiger charge is -2.11. The Hall–Kier alpha value is -2.08. The summed E-state index contributed by atoms with van der Waals surface area (Å²) in [4.78, 5) is 23.7. The molecule has 3 N–H and O–H groups in total. The van der Waals surface area contributed by atoms with Crippen LogP contribution in [0.15, 0.2) is 34.9 Å². The third-order valence-corrected chi connectivity index (χ3v) is 3.72. The first-order valence-corrected chi connectivity index (χ1v) is 7.29. The maximum Gasteiger partial charge on any atom is 0.272 e. The van der Waals surface area contributed by atoms with Crippen LogP contribution in [-0.2, 0) is 6.54 Å². The van der Waals surface area contributed by atoms with Crippen LogP contribution in [0, 0.1) is 6.92 Å². The summed E-state index contributed by atoms with van der Waals surface area (Å²) in [6.07, 6.45) is 1.85. The Bertz CT molecular complexity index is 707. The zero-order valence-electron chi connectivity index (χ0n) is 11.8. The zero-order valence-corrected chi connectivity index (χ0v) is 13.4. The Kier molecular flexibility index (Phi) is 4.47. The molecular formula is C15H16BrN3O2. The van der Waals surface area contributed by atoms with Gasteiger partial charge < -0.3 is 15.6 Å². The van der Waals surface area contributed by atoms with E-state index in [2.05, 4.69) is 21.2 Å². The Morgan fingerprint density at radius 1 is 1.38 bits per heavy atom. The van der Waals surface area contributed by atoms with E-state index in [9.17, 15) is 9.59 Å². The van der Waals surface area contributed by atoms with Gasteiger partial charge in [0.1, 0.15) is 5.69 Å². The van der Waals surface area contributed by atoms with Crippen molar-refractivity contribution in [2.75, 3.05) is 5.32 Å². The van der Waals surface area contributed by atoms with Gasteiger partial charge in [-0.15, -0.1) is 0 Å². The Labute approximate surface area is 131 Å². The molecule has 6 heteroatoms. The normalized spacial score (nSPS) is 10.4. The molecule has 5 nitrogen and oxygen atoms in total. The molecule has 2 aromatic rings. The fourth-order valence-electron chi connectivity index (χ4n) is 2.15. The molecular weight excluding hydrogens is 334 g/mol. The number of benzene rings is 1. The van der Waals surface area contributed by atoms with Crippen molar-refractivity contribution in [3.8, 4) is 0 Å². The number of nitrogens with one attached hydrogen (secondary N) is 1. The summed E-state index contributed by atoms with van der Waals surface area (Å²) < 4.78 is 2.68. The number of carbonyl (C=O) groups is 2. The van der Waals surface area contributed by atoms with Crippen LogP contribution in [0.5, 0.6) is 0 Å². The number of rotatable bonds is 4. The fraction of sp³-hybridized carbons (Fsp3) is 0.200. The summed E-state index contributed by atoms with van der Waals surface area (Å²) >= 11 is 3.36. The maximum absolute atomic E-state index is 12.4. The Balaban J connectivity index is 2.32. The number of aromatic nitrogens is 1. The number of hydrogen-bond acceptors (Lipinski definition) is 2. The van der Waals surface area contributed by atoms with Gasteiger partial charge in [-0.25, -0.2) is 0 Å². The predicted octanol–water partition coefficient (Wildman–Crippen LogP) is 2.93. The second-order valence-electron chi connectivity index (χ2n) is 4.63. The lowest BCUT2D eigenvalue weighted by molar-refractivity contribution is 0.0994. The van der Waals surface area contributed by atoms with E-state index in [0.717, 1.165) is 4.47 Å². The number of primary amides is 1. The average Bonchev–Trinajstić information content (AvgIpc) is 2.82. The van der Waals surface area contributed by atoms with Gasteiger partial charge in [0, 0.05) is 28.5 Å². The molecule has 0 radical (unpaired) electrons. The van der Waals surface area contributed by atoms with Crippen molar-refractivity contribution in [1.29, 1.82) is 0 Å². The van der Waals surface area contributed by atoms with Crippen LogP contribution < -0.4 is 11.1 Å². The van der Waals surface area contributed by atoms with Crippen LogP contribution >= 0.6 is 15.9 Å². The van der Waals surface area contributed by atoms with Gasteiger partial charge in [0.05, 0.1) is 0 Å². The summed E-state index contributed by atoms with van der Waals surface area (Å²) in [7, 11) is 0. The molecule has 0 spiro atoms. The first kappa shape index (κ1) is 15.3. The molecule has 0 saturated heterocycles. The van der Waals surface area contributed by atoms with Crippen LogP contribution in [-0.4, -0.2) is 16.4 Å². The van der Waals surface area contributed by atoms with Gasteiger partial charge >= 0.3 is 0 Å². The van der Waals surface area contributed by atoms with E-state index in [4.69, 9.17) is 5.73 Å². The maximum atomic E-state index is 12.4. The lowest BCUT2D eigenvalue weighted by Crippen LogP contribution is -2.19. The minimum atomic E-state index is -0.511.